The van der Waals surface area contributed by atoms with E-state index in [2.05, 4.69) is 5.32 Å². The molecule has 0 aliphatic carbocycles. The van der Waals surface area contributed by atoms with E-state index in [1.807, 2.05) is 36.4 Å². The van der Waals surface area contributed by atoms with Crippen LogP contribution in [0.1, 0.15) is 28.6 Å². The number of carbonyl (C=O) groups is 1. The van der Waals surface area contributed by atoms with Gasteiger partial charge in [-0.05, 0) is 24.3 Å². The lowest BCUT2D eigenvalue weighted by molar-refractivity contribution is 0.0969. The average molecular weight is 213 g/mol. The zero-order valence-corrected chi connectivity index (χ0v) is 8.64. The predicted molar refractivity (Wildman–Crippen MR) is 60.5 cm³/mol. The summed E-state index contributed by atoms with van der Waals surface area (Å²) in [5.41, 5.74) is 1.66. The Morgan fingerprint density at radius 3 is 2.88 bits per heavy atom. The Kier molecular flexibility index (Phi) is 2.03. The Bertz CT molecular complexity index is 516. The van der Waals surface area contributed by atoms with Gasteiger partial charge in [-0.2, -0.15) is 0 Å². The molecule has 1 N–H and O–H groups in total. The van der Waals surface area contributed by atoms with Gasteiger partial charge in [0.1, 0.15) is 5.76 Å². The van der Waals surface area contributed by atoms with E-state index in [1.54, 1.807) is 6.26 Å². The fourth-order valence-corrected chi connectivity index (χ4v) is 2.05. The number of hydrogen-bond acceptors (Lipinski definition) is 3. The van der Waals surface area contributed by atoms with Crippen LogP contribution >= 0.6 is 0 Å². The number of rotatable bonds is 1. The monoisotopic (exact) mass is 213 g/mol. The topological polar surface area (TPSA) is 42.2 Å². The minimum Gasteiger partial charge on any atom is -0.467 e. The van der Waals surface area contributed by atoms with Gasteiger partial charge in [0.15, 0.2) is 5.78 Å². The molecule has 0 saturated carbocycles. The summed E-state index contributed by atoms with van der Waals surface area (Å²) < 4.78 is 5.32. The molecule has 1 aromatic carbocycles. The van der Waals surface area contributed by atoms with Crippen molar-refractivity contribution in [2.45, 2.75) is 12.5 Å². The van der Waals surface area contributed by atoms with Gasteiger partial charge in [0, 0.05) is 17.7 Å². The molecule has 1 aliphatic rings. The summed E-state index contributed by atoms with van der Waals surface area (Å²) in [6.07, 6.45) is 2.08. The van der Waals surface area contributed by atoms with Crippen LogP contribution in [0.5, 0.6) is 0 Å². The van der Waals surface area contributed by atoms with E-state index in [9.17, 15) is 4.79 Å². The first-order chi connectivity index (χ1) is 7.84. The van der Waals surface area contributed by atoms with Gasteiger partial charge >= 0.3 is 0 Å². The Balaban J connectivity index is 1.98. The zero-order valence-electron chi connectivity index (χ0n) is 8.64. The van der Waals surface area contributed by atoms with Gasteiger partial charge in [0.2, 0.25) is 0 Å². The Morgan fingerprint density at radius 1 is 1.19 bits per heavy atom. The molecule has 3 nitrogen and oxygen atoms in total. The highest BCUT2D eigenvalue weighted by Crippen LogP contribution is 2.32. The molecule has 1 aromatic heterocycles. The molecule has 0 spiro atoms. The predicted octanol–water partition coefficient (Wildman–Crippen LogP) is 3.02. The normalized spacial score (nSPS) is 19.0. The molecule has 3 heteroatoms. The Hall–Kier alpha value is -2.03. The van der Waals surface area contributed by atoms with Crippen LogP contribution in [0.25, 0.3) is 0 Å². The number of carbonyl (C=O) groups excluding carboxylic acids is 1. The summed E-state index contributed by atoms with van der Waals surface area (Å²) in [6.45, 7) is 0. The van der Waals surface area contributed by atoms with Gasteiger partial charge in [-0.25, -0.2) is 0 Å². The summed E-state index contributed by atoms with van der Waals surface area (Å²) in [7, 11) is 0. The molecule has 0 bridgehead atoms. The van der Waals surface area contributed by atoms with Crippen LogP contribution in [0, 0.1) is 0 Å². The summed E-state index contributed by atoms with van der Waals surface area (Å²) in [5.74, 6) is 0.971. The highest BCUT2D eigenvalue weighted by Gasteiger charge is 2.26. The lowest BCUT2D eigenvalue weighted by Crippen LogP contribution is -2.22. The maximum Gasteiger partial charge on any atom is 0.167 e. The van der Waals surface area contributed by atoms with Gasteiger partial charge in [-0.15, -0.1) is 0 Å². The molecule has 2 aromatic rings. The average Bonchev–Trinajstić information content (AvgIpc) is 2.82. The second kappa shape index (κ2) is 3.52. The standard InChI is InChI=1S/C13H11NO2/c15-12-8-11(13-6-3-7-16-13)14-10-5-2-1-4-9(10)12/h1-7,11,14H,8H2. The van der Waals surface area contributed by atoms with Crippen LogP contribution in [0.4, 0.5) is 5.69 Å². The van der Waals surface area contributed by atoms with Crippen molar-refractivity contribution in [2.75, 3.05) is 5.32 Å². The van der Waals surface area contributed by atoms with Crippen molar-refractivity contribution in [3.8, 4) is 0 Å². The fraction of sp³-hybridized carbons (Fsp3) is 0.154. The van der Waals surface area contributed by atoms with Gasteiger partial charge in [0.25, 0.3) is 0 Å². The first kappa shape index (κ1) is 9.21. The third kappa shape index (κ3) is 1.41. The molecule has 16 heavy (non-hydrogen) atoms. The van der Waals surface area contributed by atoms with E-state index in [0.717, 1.165) is 17.0 Å². The largest absolute Gasteiger partial charge is 0.467 e. The number of ketones is 1. The molecule has 80 valence electrons. The van der Waals surface area contributed by atoms with Gasteiger partial charge in [-0.1, -0.05) is 12.1 Å². The minimum atomic E-state index is -0.0441. The molecule has 0 saturated heterocycles. The highest BCUT2D eigenvalue weighted by molar-refractivity contribution is 6.03. The summed E-state index contributed by atoms with van der Waals surface area (Å²) in [6, 6.07) is 11.2. The molecule has 1 unspecified atom stereocenters. The van der Waals surface area contributed by atoms with Crippen LogP contribution in [0.15, 0.2) is 47.1 Å². The lowest BCUT2D eigenvalue weighted by atomic mass is 9.95. The van der Waals surface area contributed by atoms with E-state index < -0.39 is 0 Å². The third-order valence-corrected chi connectivity index (χ3v) is 2.83. The number of Topliss-reactive ketones (excluding diaryl/α,β-unsaturated/α-hetero) is 1. The van der Waals surface area contributed by atoms with Crippen molar-refractivity contribution >= 4 is 11.5 Å². The van der Waals surface area contributed by atoms with Gasteiger partial charge in [0.05, 0.1) is 12.3 Å². The number of furan rings is 1. The van der Waals surface area contributed by atoms with E-state index in [4.69, 9.17) is 4.42 Å². The van der Waals surface area contributed by atoms with Crippen molar-refractivity contribution < 1.29 is 9.21 Å². The van der Waals surface area contributed by atoms with E-state index in [0.29, 0.717) is 6.42 Å². The summed E-state index contributed by atoms with van der Waals surface area (Å²) in [4.78, 5) is 11.9. The Labute approximate surface area is 93.1 Å². The molecule has 1 atom stereocenters. The highest BCUT2D eigenvalue weighted by atomic mass is 16.3. The van der Waals surface area contributed by atoms with Crippen LogP contribution in [0.3, 0.4) is 0 Å². The number of fused-ring (bicyclic) bond motifs is 1. The maximum atomic E-state index is 11.9. The van der Waals surface area contributed by atoms with Crippen molar-refractivity contribution in [3.63, 3.8) is 0 Å². The third-order valence-electron chi connectivity index (χ3n) is 2.83. The first-order valence-corrected chi connectivity index (χ1v) is 5.27. The zero-order chi connectivity index (χ0) is 11.0. The quantitative estimate of drug-likeness (QED) is 0.791. The molecule has 0 amide bonds. The van der Waals surface area contributed by atoms with E-state index >= 15 is 0 Å². The Morgan fingerprint density at radius 2 is 2.06 bits per heavy atom. The van der Waals surface area contributed by atoms with E-state index in [1.165, 1.54) is 0 Å². The molecule has 2 heterocycles. The van der Waals surface area contributed by atoms with Crippen molar-refractivity contribution in [1.29, 1.82) is 0 Å². The van der Waals surface area contributed by atoms with Crippen molar-refractivity contribution in [1.82, 2.24) is 0 Å². The number of nitrogens with one attached hydrogen (secondary N) is 1. The molecule has 0 radical (unpaired) electrons. The number of anilines is 1. The van der Waals surface area contributed by atoms with Crippen molar-refractivity contribution in [3.05, 3.63) is 54.0 Å². The van der Waals surface area contributed by atoms with Crippen LogP contribution in [-0.4, -0.2) is 5.78 Å². The van der Waals surface area contributed by atoms with Gasteiger partial charge in [-0.3, -0.25) is 4.79 Å². The van der Waals surface area contributed by atoms with Gasteiger partial charge < -0.3 is 9.73 Å². The molecular weight excluding hydrogens is 202 g/mol. The lowest BCUT2D eigenvalue weighted by Gasteiger charge is -2.24. The molecular formula is C13H11NO2. The van der Waals surface area contributed by atoms with Crippen LogP contribution in [0.2, 0.25) is 0 Å². The number of hydrogen-bond donors (Lipinski definition) is 1. The van der Waals surface area contributed by atoms with Crippen LogP contribution in [-0.2, 0) is 0 Å². The molecule has 3 rings (SSSR count). The molecule has 1 aliphatic heterocycles. The smallest absolute Gasteiger partial charge is 0.167 e. The van der Waals surface area contributed by atoms with E-state index in [-0.39, 0.29) is 11.8 Å². The number of para-hydroxylation sites is 1. The first-order valence-electron chi connectivity index (χ1n) is 5.27. The van der Waals surface area contributed by atoms with Crippen LogP contribution < -0.4 is 5.32 Å². The fourth-order valence-electron chi connectivity index (χ4n) is 2.05. The molecule has 0 fully saturated rings. The second-order valence-electron chi connectivity index (χ2n) is 3.89. The second-order valence-corrected chi connectivity index (χ2v) is 3.89. The number of benzene rings is 1. The SMILES string of the molecule is O=C1CC(c2ccco2)Nc2ccccc21. The maximum absolute atomic E-state index is 11.9. The van der Waals surface area contributed by atoms with Crippen molar-refractivity contribution in [2.24, 2.45) is 0 Å². The minimum absolute atomic E-state index is 0.0441. The summed E-state index contributed by atoms with van der Waals surface area (Å²) >= 11 is 0. The summed E-state index contributed by atoms with van der Waals surface area (Å²) in [5, 5.41) is 3.32.